The van der Waals surface area contributed by atoms with Crippen LogP contribution in [0.3, 0.4) is 0 Å². The molecule has 6 heteroatoms. The average Bonchev–Trinajstić information content (AvgIpc) is 2.70. The summed E-state index contributed by atoms with van der Waals surface area (Å²) in [5.74, 6) is 0.368. The van der Waals surface area contributed by atoms with Crippen molar-refractivity contribution in [2.75, 3.05) is 21.3 Å². The Morgan fingerprint density at radius 1 is 1.14 bits per heavy atom. The van der Waals surface area contributed by atoms with Gasteiger partial charge in [0.05, 0.1) is 33.2 Å². The number of benzene rings is 1. The zero-order valence-corrected chi connectivity index (χ0v) is 16.8. The van der Waals surface area contributed by atoms with E-state index in [1.54, 1.807) is 43.7 Å². The third kappa shape index (κ3) is 4.91. The van der Waals surface area contributed by atoms with Gasteiger partial charge in [-0.25, -0.2) is 4.79 Å². The predicted molar refractivity (Wildman–Crippen MR) is 109 cm³/mol. The molecule has 28 heavy (non-hydrogen) atoms. The zero-order valence-electron chi connectivity index (χ0n) is 16.8. The molecule has 1 aromatic carbocycles. The van der Waals surface area contributed by atoms with Gasteiger partial charge in [0.1, 0.15) is 22.8 Å². The maximum atomic E-state index is 12.3. The summed E-state index contributed by atoms with van der Waals surface area (Å²) in [6.45, 7) is 3.92. The maximum Gasteiger partial charge on any atom is 0.342 e. The number of nitrogens with zero attached hydrogens (tertiary/aromatic N) is 1. The van der Waals surface area contributed by atoms with Crippen molar-refractivity contribution in [3.05, 3.63) is 58.4 Å². The van der Waals surface area contributed by atoms with Crippen LogP contribution >= 0.6 is 0 Å². The summed E-state index contributed by atoms with van der Waals surface area (Å²) in [6.07, 6.45) is 7.41. The van der Waals surface area contributed by atoms with Crippen LogP contribution in [0.2, 0.25) is 0 Å². The number of hydrogen-bond acceptors (Lipinski definition) is 6. The van der Waals surface area contributed by atoms with Crippen LogP contribution in [-0.2, 0) is 11.2 Å². The Bertz CT molecular complexity index is 894. The lowest BCUT2D eigenvalue weighted by Gasteiger charge is -2.15. The van der Waals surface area contributed by atoms with Crippen molar-refractivity contribution >= 4 is 18.1 Å². The Morgan fingerprint density at radius 3 is 2.43 bits per heavy atom. The number of ether oxygens (including phenoxy) is 3. The van der Waals surface area contributed by atoms with Crippen molar-refractivity contribution in [3.63, 3.8) is 0 Å². The predicted octanol–water partition coefficient (Wildman–Crippen LogP) is 4.27. The van der Waals surface area contributed by atoms with Gasteiger partial charge >= 0.3 is 5.97 Å². The monoisotopic (exact) mass is 383 g/mol. The number of esters is 1. The molecule has 1 aromatic heterocycles. The first-order valence-corrected chi connectivity index (χ1v) is 8.73. The van der Waals surface area contributed by atoms with Crippen LogP contribution in [0.1, 0.15) is 41.0 Å². The first kappa shape index (κ1) is 21.0. The van der Waals surface area contributed by atoms with E-state index in [2.05, 4.69) is 4.98 Å². The van der Waals surface area contributed by atoms with E-state index in [0.717, 1.165) is 5.57 Å². The molecule has 1 heterocycles. The molecular formula is C22H25NO5. The van der Waals surface area contributed by atoms with Gasteiger partial charge in [0, 0.05) is 5.56 Å². The van der Waals surface area contributed by atoms with Gasteiger partial charge in [-0.15, -0.1) is 0 Å². The first-order chi connectivity index (χ1) is 13.4. The molecule has 0 unspecified atom stereocenters. The van der Waals surface area contributed by atoms with E-state index in [-0.39, 0.29) is 11.3 Å². The molecule has 0 aliphatic rings. The highest BCUT2D eigenvalue weighted by Crippen LogP contribution is 2.36. The fraction of sp³-hybridized carbons (Fsp3) is 0.273. The van der Waals surface area contributed by atoms with E-state index in [0.29, 0.717) is 34.7 Å². The van der Waals surface area contributed by atoms with Gasteiger partial charge in [-0.1, -0.05) is 17.7 Å². The molecule has 2 rings (SSSR count). The molecular weight excluding hydrogens is 358 g/mol. The Balaban J connectivity index is 2.54. The van der Waals surface area contributed by atoms with Crippen LogP contribution in [0.25, 0.3) is 12.2 Å². The van der Waals surface area contributed by atoms with Gasteiger partial charge in [0.2, 0.25) is 0 Å². The van der Waals surface area contributed by atoms with E-state index in [1.165, 1.54) is 14.2 Å². The average molecular weight is 383 g/mol. The molecule has 1 N–H and O–H groups in total. The number of phenolic OH excluding ortho intramolecular Hbond substituents is 1. The van der Waals surface area contributed by atoms with Crippen molar-refractivity contribution in [3.8, 4) is 17.2 Å². The third-order valence-corrected chi connectivity index (χ3v) is 4.15. The molecule has 0 atom stereocenters. The van der Waals surface area contributed by atoms with Crippen molar-refractivity contribution in [2.24, 2.45) is 0 Å². The van der Waals surface area contributed by atoms with Crippen LogP contribution in [0, 0.1) is 0 Å². The maximum absolute atomic E-state index is 12.3. The highest BCUT2D eigenvalue weighted by molar-refractivity contribution is 5.98. The van der Waals surface area contributed by atoms with Crippen LogP contribution in [0.5, 0.6) is 17.2 Å². The highest BCUT2D eigenvalue weighted by atomic mass is 16.5. The molecule has 0 spiro atoms. The quantitative estimate of drug-likeness (QED) is 0.568. The van der Waals surface area contributed by atoms with Gasteiger partial charge in [-0.05, 0) is 50.1 Å². The molecule has 0 aliphatic heterocycles. The minimum absolute atomic E-state index is 0.0882. The van der Waals surface area contributed by atoms with Crippen LogP contribution in [0.15, 0.2) is 36.0 Å². The fourth-order valence-corrected chi connectivity index (χ4v) is 2.62. The summed E-state index contributed by atoms with van der Waals surface area (Å²) in [5.41, 5.74) is 2.85. The first-order valence-electron chi connectivity index (χ1n) is 8.73. The number of carbonyl (C=O) groups is 1. The van der Waals surface area contributed by atoms with E-state index in [4.69, 9.17) is 14.2 Å². The Morgan fingerprint density at radius 2 is 1.89 bits per heavy atom. The smallest absolute Gasteiger partial charge is 0.342 e. The van der Waals surface area contributed by atoms with E-state index < -0.39 is 5.97 Å². The van der Waals surface area contributed by atoms with Gasteiger partial charge < -0.3 is 19.3 Å². The summed E-state index contributed by atoms with van der Waals surface area (Å²) in [7, 11) is 4.37. The summed E-state index contributed by atoms with van der Waals surface area (Å²) < 4.78 is 15.4. The van der Waals surface area contributed by atoms with E-state index >= 15 is 0 Å². The van der Waals surface area contributed by atoms with Crippen molar-refractivity contribution in [1.29, 1.82) is 0 Å². The largest absolute Gasteiger partial charge is 0.507 e. The van der Waals surface area contributed by atoms with Gasteiger partial charge in [0.25, 0.3) is 0 Å². The van der Waals surface area contributed by atoms with Crippen molar-refractivity contribution in [2.45, 2.75) is 20.3 Å². The van der Waals surface area contributed by atoms with Gasteiger partial charge in [0.15, 0.2) is 0 Å². The van der Waals surface area contributed by atoms with Crippen molar-refractivity contribution < 1.29 is 24.1 Å². The number of phenols is 1. The van der Waals surface area contributed by atoms with Crippen LogP contribution in [0.4, 0.5) is 0 Å². The number of hydrogen-bond donors (Lipinski definition) is 1. The number of pyridine rings is 1. The zero-order chi connectivity index (χ0) is 20.7. The lowest BCUT2D eigenvalue weighted by atomic mass is 9.97. The molecule has 2 aromatic rings. The second-order valence-electron chi connectivity index (χ2n) is 6.30. The Hall–Kier alpha value is -3.28. The molecule has 0 saturated carbocycles. The minimum atomic E-state index is -0.624. The summed E-state index contributed by atoms with van der Waals surface area (Å²) in [6, 6.07) is 5.28. The van der Waals surface area contributed by atoms with Crippen molar-refractivity contribution in [1.82, 2.24) is 4.98 Å². The Labute approximate surface area is 165 Å². The molecule has 148 valence electrons. The second kappa shape index (κ2) is 9.60. The number of allylic oxidation sites excluding steroid dienone is 2. The summed E-state index contributed by atoms with van der Waals surface area (Å²) in [4.78, 5) is 16.6. The second-order valence-corrected chi connectivity index (χ2v) is 6.30. The number of aromatic nitrogens is 1. The lowest BCUT2D eigenvalue weighted by Crippen LogP contribution is -2.07. The molecule has 6 nitrogen and oxygen atoms in total. The molecule has 0 saturated heterocycles. The lowest BCUT2D eigenvalue weighted by molar-refractivity contribution is 0.0597. The summed E-state index contributed by atoms with van der Waals surface area (Å²) in [5, 5.41) is 10.8. The third-order valence-electron chi connectivity index (χ3n) is 4.15. The normalized spacial score (nSPS) is 10.6. The van der Waals surface area contributed by atoms with Gasteiger partial charge in [-0.2, -0.15) is 0 Å². The Kier molecular flexibility index (Phi) is 7.21. The summed E-state index contributed by atoms with van der Waals surface area (Å²) >= 11 is 0. The van der Waals surface area contributed by atoms with E-state index in [9.17, 15) is 9.90 Å². The minimum Gasteiger partial charge on any atom is -0.507 e. The molecule has 0 bridgehead atoms. The number of methoxy groups -OCH3 is 3. The van der Waals surface area contributed by atoms with Crippen LogP contribution < -0.4 is 9.47 Å². The molecule has 0 amide bonds. The number of rotatable bonds is 7. The molecule has 0 radical (unpaired) electrons. The highest BCUT2D eigenvalue weighted by Gasteiger charge is 2.22. The standard InChI is InChI=1S/C22H25NO5/c1-14(2)6-11-18-19(27-4)12-15(20(21(18)24)22(25)28-5)7-8-16-9-10-17(26-3)13-23-16/h6-10,12-13,24H,11H2,1-5H3/b8-7+. The SMILES string of the molecule is COC(=O)c1c(/C=C/c2ccc(OC)cn2)cc(OC)c(CC=C(C)C)c1O. The fourth-order valence-electron chi connectivity index (χ4n) is 2.62. The number of carbonyl (C=O) groups excluding carboxylic acids is 1. The topological polar surface area (TPSA) is 77.9 Å². The molecule has 0 fully saturated rings. The number of aromatic hydroxyl groups is 1. The van der Waals surface area contributed by atoms with E-state index in [1.807, 2.05) is 19.9 Å². The van der Waals surface area contributed by atoms with Crippen LogP contribution in [-0.4, -0.2) is 37.4 Å². The van der Waals surface area contributed by atoms with Gasteiger partial charge in [-0.3, -0.25) is 4.98 Å². The molecule has 0 aliphatic carbocycles.